The predicted octanol–water partition coefficient (Wildman–Crippen LogP) is 3.03. The number of aryl methyl sites for hydroxylation is 1. The minimum Gasteiger partial charge on any atom is -0.388 e. The predicted molar refractivity (Wildman–Crippen MR) is 89.3 cm³/mol. The van der Waals surface area contributed by atoms with Crippen LogP contribution in [0.2, 0.25) is 0 Å². The number of fused-ring (bicyclic) bond motifs is 2. The number of aliphatic hydroxyl groups is 1. The van der Waals surface area contributed by atoms with Gasteiger partial charge in [0, 0.05) is 42.7 Å². The molecule has 1 aromatic carbocycles. The van der Waals surface area contributed by atoms with Crippen molar-refractivity contribution in [1.82, 2.24) is 4.98 Å². The summed E-state index contributed by atoms with van der Waals surface area (Å²) in [4.78, 5) is 17.9. The summed E-state index contributed by atoms with van der Waals surface area (Å²) in [6, 6.07) is 6.27. The van der Waals surface area contributed by atoms with Gasteiger partial charge in [-0.25, -0.2) is 0 Å². The molecule has 1 aliphatic heterocycles. The van der Waals surface area contributed by atoms with Gasteiger partial charge in [-0.15, -0.1) is 0 Å². The molecule has 4 rings (SSSR count). The molecule has 118 valence electrons. The molecule has 23 heavy (non-hydrogen) atoms. The minimum absolute atomic E-state index is 0.173. The fraction of sp³-hybridized carbons (Fsp3) is 0.368. The van der Waals surface area contributed by atoms with Crippen LogP contribution in [0.25, 0.3) is 11.1 Å². The first-order valence-corrected chi connectivity index (χ1v) is 8.20. The van der Waals surface area contributed by atoms with Gasteiger partial charge in [-0.3, -0.25) is 9.78 Å². The maximum atomic E-state index is 11.8. The van der Waals surface area contributed by atoms with Gasteiger partial charge in [0.15, 0.2) is 0 Å². The third-order valence-electron chi connectivity index (χ3n) is 5.09. The molecule has 0 saturated carbocycles. The second kappa shape index (κ2) is 5.46. The van der Waals surface area contributed by atoms with E-state index in [2.05, 4.69) is 17.1 Å². The maximum Gasteiger partial charge on any atom is 0.227 e. The van der Waals surface area contributed by atoms with Crippen LogP contribution in [0.5, 0.6) is 0 Å². The first-order valence-electron chi connectivity index (χ1n) is 8.20. The van der Waals surface area contributed by atoms with Gasteiger partial charge in [0.1, 0.15) is 0 Å². The first-order chi connectivity index (χ1) is 11.1. The Hall–Kier alpha value is -2.20. The van der Waals surface area contributed by atoms with Crippen molar-refractivity contribution in [3.63, 3.8) is 0 Å². The molecule has 0 saturated heterocycles. The van der Waals surface area contributed by atoms with E-state index < -0.39 is 6.10 Å². The first kappa shape index (κ1) is 14.4. The van der Waals surface area contributed by atoms with Crippen molar-refractivity contribution in [2.45, 2.75) is 38.2 Å². The molecule has 1 aliphatic carbocycles. The zero-order valence-corrected chi connectivity index (χ0v) is 13.2. The number of rotatable bonds is 1. The summed E-state index contributed by atoms with van der Waals surface area (Å²) in [6.07, 6.45) is 7.47. The Morgan fingerprint density at radius 3 is 2.96 bits per heavy atom. The third-order valence-corrected chi connectivity index (χ3v) is 5.09. The summed E-state index contributed by atoms with van der Waals surface area (Å²) in [5.41, 5.74) is 6.65. The average Bonchev–Trinajstić information content (AvgIpc) is 2.58. The molecular weight excluding hydrogens is 288 g/mol. The van der Waals surface area contributed by atoms with E-state index in [9.17, 15) is 9.90 Å². The number of aliphatic hydroxyl groups excluding tert-OH is 1. The molecule has 4 heteroatoms. The maximum absolute atomic E-state index is 11.8. The summed E-state index contributed by atoms with van der Waals surface area (Å²) in [7, 11) is 1.84. The smallest absolute Gasteiger partial charge is 0.227 e. The summed E-state index contributed by atoms with van der Waals surface area (Å²) < 4.78 is 0. The number of benzene rings is 1. The van der Waals surface area contributed by atoms with Gasteiger partial charge in [-0.2, -0.15) is 0 Å². The van der Waals surface area contributed by atoms with Crippen molar-refractivity contribution in [1.29, 1.82) is 0 Å². The van der Waals surface area contributed by atoms with Crippen LogP contribution in [-0.2, 0) is 17.6 Å². The molecule has 4 nitrogen and oxygen atoms in total. The molecule has 2 aliphatic rings. The van der Waals surface area contributed by atoms with E-state index in [1.165, 1.54) is 11.1 Å². The van der Waals surface area contributed by atoms with Crippen LogP contribution in [-0.4, -0.2) is 23.0 Å². The number of nitrogens with zero attached hydrogens (tertiary/aromatic N) is 2. The molecule has 0 spiro atoms. The Labute approximate surface area is 135 Å². The SMILES string of the molecule is CN1C(=O)CCc2cc(-c3cncc4c3CCC[C@@H]4O)ccc21. The fourth-order valence-electron chi connectivity index (χ4n) is 3.77. The van der Waals surface area contributed by atoms with Crippen molar-refractivity contribution in [2.24, 2.45) is 0 Å². The standard InChI is InChI=1S/C19H20N2O2/c1-21-17-7-5-12(9-13(17)6-8-19(21)23)15-10-20-11-16-14(15)3-2-4-18(16)22/h5,7,9-11,18,22H,2-4,6,8H2,1H3/t18-/m0/s1. The zero-order chi connectivity index (χ0) is 16.0. The van der Waals surface area contributed by atoms with Crippen LogP contribution < -0.4 is 4.90 Å². The number of hydrogen-bond acceptors (Lipinski definition) is 3. The highest BCUT2D eigenvalue weighted by molar-refractivity contribution is 5.96. The lowest BCUT2D eigenvalue weighted by molar-refractivity contribution is -0.118. The lowest BCUT2D eigenvalue weighted by Crippen LogP contribution is -2.31. The Morgan fingerprint density at radius 2 is 2.09 bits per heavy atom. The normalized spacial score (nSPS) is 20.2. The van der Waals surface area contributed by atoms with E-state index in [0.717, 1.165) is 48.1 Å². The van der Waals surface area contributed by atoms with Gasteiger partial charge in [-0.05, 0) is 54.5 Å². The largest absolute Gasteiger partial charge is 0.388 e. The Morgan fingerprint density at radius 1 is 1.22 bits per heavy atom. The van der Waals surface area contributed by atoms with Crippen LogP contribution in [0.1, 0.15) is 42.1 Å². The number of carbonyl (C=O) groups excluding carboxylic acids is 1. The number of amides is 1. The number of anilines is 1. The molecule has 0 radical (unpaired) electrons. The summed E-state index contributed by atoms with van der Waals surface area (Å²) >= 11 is 0. The van der Waals surface area contributed by atoms with Crippen molar-refractivity contribution in [3.8, 4) is 11.1 Å². The molecule has 1 N–H and O–H groups in total. The molecule has 1 atom stereocenters. The van der Waals surface area contributed by atoms with E-state index in [4.69, 9.17) is 0 Å². The average molecular weight is 308 g/mol. The Bertz CT molecular complexity index is 785. The minimum atomic E-state index is -0.396. The fourth-order valence-corrected chi connectivity index (χ4v) is 3.77. The molecule has 2 heterocycles. The third kappa shape index (κ3) is 2.34. The lowest BCUT2D eigenvalue weighted by atomic mass is 9.85. The quantitative estimate of drug-likeness (QED) is 0.881. The van der Waals surface area contributed by atoms with Gasteiger partial charge in [0.25, 0.3) is 0 Å². The van der Waals surface area contributed by atoms with Crippen LogP contribution in [0, 0.1) is 0 Å². The zero-order valence-electron chi connectivity index (χ0n) is 13.2. The highest BCUT2D eigenvalue weighted by Crippen LogP contribution is 2.37. The summed E-state index contributed by atoms with van der Waals surface area (Å²) in [5.74, 6) is 0.173. The molecule has 2 aromatic rings. The van der Waals surface area contributed by atoms with Gasteiger partial charge < -0.3 is 10.0 Å². The second-order valence-electron chi connectivity index (χ2n) is 6.46. The Balaban J connectivity index is 1.81. The highest BCUT2D eigenvalue weighted by atomic mass is 16.3. The number of pyridine rings is 1. The van der Waals surface area contributed by atoms with Crippen molar-refractivity contribution in [3.05, 3.63) is 47.3 Å². The van der Waals surface area contributed by atoms with Gasteiger partial charge in [0.05, 0.1) is 6.10 Å². The molecule has 1 amide bonds. The van der Waals surface area contributed by atoms with Crippen molar-refractivity contribution < 1.29 is 9.90 Å². The molecule has 1 aromatic heterocycles. The van der Waals surface area contributed by atoms with E-state index in [1.54, 1.807) is 11.1 Å². The number of hydrogen-bond donors (Lipinski definition) is 1. The van der Waals surface area contributed by atoms with Crippen LogP contribution in [0.4, 0.5) is 5.69 Å². The van der Waals surface area contributed by atoms with Crippen molar-refractivity contribution in [2.75, 3.05) is 11.9 Å². The Kier molecular flexibility index (Phi) is 3.42. The van der Waals surface area contributed by atoms with E-state index in [-0.39, 0.29) is 5.91 Å². The molecule has 0 fully saturated rings. The number of aromatic nitrogens is 1. The van der Waals surface area contributed by atoms with Crippen molar-refractivity contribution >= 4 is 11.6 Å². The van der Waals surface area contributed by atoms with E-state index >= 15 is 0 Å². The summed E-state index contributed by atoms with van der Waals surface area (Å²) in [5, 5.41) is 10.2. The number of carbonyl (C=O) groups is 1. The topological polar surface area (TPSA) is 53.4 Å². The second-order valence-corrected chi connectivity index (χ2v) is 6.46. The monoisotopic (exact) mass is 308 g/mol. The van der Waals surface area contributed by atoms with Crippen LogP contribution in [0.15, 0.2) is 30.6 Å². The van der Waals surface area contributed by atoms with Crippen LogP contribution in [0.3, 0.4) is 0 Å². The van der Waals surface area contributed by atoms with Gasteiger partial charge in [-0.1, -0.05) is 6.07 Å². The van der Waals surface area contributed by atoms with Crippen LogP contribution >= 0.6 is 0 Å². The lowest BCUT2D eigenvalue weighted by Gasteiger charge is -2.27. The molecule has 0 bridgehead atoms. The van der Waals surface area contributed by atoms with Gasteiger partial charge >= 0.3 is 0 Å². The molecular formula is C19H20N2O2. The summed E-state index contributed by atoms with van der Waals surface area (Å²) in [6.45, 7) is 0. The van der Waals surface area contributed by atoms with E-state index in [1.807, 2.05) is 19.3 Å². The molecule has 0 unspecified atom stereocenters. The highest BCUT2D eigenvalue weighted by Gasteiger charge is 2.24. The van der Waals surface area contributed by atoms with E-state index in [0.29, 0.717) is 6.42 Å². The van der Waals surface area contributed by atoms with Gasteiger partial charge in [0.2, 0.25) is 5.91 Å².